The highest BCUT2D eigenvalue weighted by Crippen LogP contribution is 2.10. The molecule has 0 bridgehead atoms. The highest BCUT2D eigenvalue weighted by Gasteiger charge is 2.19. The molecule has 2 aromatic carbocycles. The molecule has 2 N–H and O–H groups in total. The number of carbonyl (C=O) groups excluding carboxylic acids is 2. The molecular weight excluding hydrogens is 394 g/mol. The van der Waals surface area contributed by atoms with Crippen molar-refractivity contribution >= 4 is 33.7 Å². The average molecular weight is 413 g/mol. The Labute approximate surface area is 168 Å². The van der Waals surface area contributed by atoms with Gasteiger partial charge in [0.15, 0.2) is 6.10 Å². The summed E-state index contributed by atoms with van der Waals surface area (Å²) in [4.78, 5) is 23.9. The van der Waals surface area contributed by atoms with Gasteiger partial charge in [-0.15, -0.1) is 0 Å². The summed E-state index contributed by atoms with van der Waals surface area (Å²) in [6.45, 7) is 0.747. The zero-order chi connectivity index (χ0) is 21.3. The first-order valence-corrected chi connectivity index (χ1v) is 10.1. The maximum atomic E-state index is 12.1. The topological polar surface area (TPSA) is 125 Å². The van der Waals surface area contributed by atoms with Crippen LogP contribution in [0, 0.1) is 11.3 Å². The summed E-state index contributed by atoms with van der Waals surface area (Å²) < 4.78 is 30.8. The SMILES string of the molecule is CC(OC(=O)CNS(=O)(=O)/C=C/c1ccccc1)C(=O)Nc1ccc(C#N)cc1. The van der Waals surface area contributed by atoms with Crippen molar-refractivity contribution in [2.75, 3.05) is 11.9 Å². The van der Waals surface area contributed by atoms with Crippen molar-refractivity contribution < 1.29 is 22.7 Å². The minimum Gasteiger partial charge on any atom is -0.452 e. The second-order valence-electron chi connectivity index (χ2n) is 5.89. The Morgan fingerprint density at radius 1 is 1.14 bits per heavy atom. The maximum absolute atomic E-state index is 12.1. The van der Waals surface area contributed by atoms with E-state index in [1.54, 1.807) is 30.3 Å². The van der Waals surface area contributed by atoms with Gasteiger partial charge in [0, 0.05) is 11.1 Å². The number of rotatable bonds is 8. The fraction of sp³-hybridized carbons (Fsp3) is 0.150. The van der Waals surface area contributed by atoms with Gasteiger partial charge in [0.25, 0.3) is 5.91 Å². The number of carbonyl (C=O) groups is 2. The molecule has 29 heavy (non-hydrogen) atoms. The summed E-state index contributed by atoms with van der Waals surface area (Å²) in [7, 11) is -3.84. The van der Waals surface area contributed by atoms with Gasteiger partial charge in [-0.25, -0.2) is 13.1 Å². The second-order valence-corrected chi connectivity index (χ2v) is 7.54. The lowest BCUT2D eigenvalue weighted by molar-refractivity contribution is -0.151. The number of anilines is 1. The molecule has 9 heteroatoms. The number of sulfonamides is 1. The first-order chi connectivity index (χ1) is 13.8. The fourth-order valence-electron chi connectivity index (χ4n) is 2.10. The predicted octanol–water partition coefficient (Wildman–Crippen LogP) is 2.02. The van der Waals surface area contributed by atoms with Gasteiger partial charge in [-0.3, -0.25) is 9.59 Å². The molecule has 0 aliphatic heterocycles. The van der Waals surface area contributed by atoms with E-state index in [-0.39, 0.29) is 0 Å². The number of hydrogen-bond donors (Lipinski definition) is 2. The van der Waals surface area contributed by atoms with Gasteiger partial charge >= 0.3 is 5.97 Å². The first kappa shape index (κ1) is 21.8. The third kappa shape index (κ3) is 7.57. The molecule has 2 rings (SSSR count). The molecule has 0 radical (unpaired) electrons. The molecule has 0 saturated carbocycles. The Morgan fingerprint density at radius 3 is 2.41 bits per heavy atom. The number of nitriles is 1. The van der Waals surface area contributed by atoms with E-state index in [4.69, 9.17) is 10.00 Å². The van der Waals surface area contributed by atoms with Crippen LogP contribution in [-0.2, 0) is 24.3 Å². The fourth-order valence-corrected chi connectivity index (χ4v) is 2.86. The van der Waals surface area contributed by atoms with E-state index in [1.807, 2.05) is 6.07 Å². The summed E-state index contributed by atoms with van der Waals surface area (Å²) in [5.41, 5.74) is 1.56. The van der Waals surface area contributed by atoms with Gasteiger partial charge < -0.3 is 10.1 Å². The van der Waals surface area contributed by atoms with E-state index >= 15 is 0 Å². The molecule has 150 valence electrons. The smallest absolute Gasteiger partial charge is 0.321 e. The van der Waals surface area contributed by atoms with Crippen LogP contribution in [0.15, 0.2) is 60.0 Å². The van der Waals surface area contributed by atoms with Crippen molar-refractivity contribution in [1.29, 1.82) is 5.26 Å². The highest BCUT2D eigenvalue weighted by atomic mass is 32.2. The molecule has 1 amide bonds. The quantitative estimate of drug-likeness (QED) is 0.638. The van der Waals surface area contributed by atoms with Crippen molar-refractivity contribution in [3.63, 3.8) is 0 Å². The van der Waals surface area contributed by atoms with Gasteiger partial charge in [-0.1, -0.05) is 30.3 Å². The van der Waals surface area contributed by atoms with Crippen LogP contribution in [0.2, 0.25) is 0 Å². The molecule has 0 aliphatic rings. The largest absolute Gasteiger partial charge is 0.452 e. The lowest BCUT2D eigenvalue weighted by Gasteiger charge is -2.13. The van der Waals surface area contributed by atoms with E-state index < -0.39 is 34.5 Å². The van der Waals surface area contributed by atoms with Gasteiger partial charge in [0.2, 0.25) is 10.0 Å². The number of nitrogens with zero attached hydrogens (tertiary/aromatic N) is 1. The molecule has 0 heterocycles. The third-order valence-corrected chi connectivity index (χ3v) is 4.66. The number of ether oxygens (including phenoxy) is 1. The Balaban J connectivity index is 1.82. The number of esters is 1. The van der Waals surface area contributed by atoms with Gasteiger partial charge in [0.1, 0.15) is 6.54 Å². The Kier molecular flexibility index (Phi) is 7.65. The van der Waals surface area contributed by atoms with Crippen molar-refractivity contribution in [1.82, 2.24) is 4.72 Å². The highest BCUT2D eigenvalue weighted by molar-refractivity contribution is 7.92. The van der Waals surface area contributed by atoms with Crippen molar-refractivity contribution in [3.8, 4) is 6.07 Å². The summed E-state index contributed by atoms with van der Waals surface area (Å²) >= 11 is 0. The van der Waals surface area contributed by atoms with Crippen LogP contribution in [-0.4, -0.2) is 32.9 Å². The second kappa shape index (κ2) is 10.2. The number of hydrogen-bond acceptors (Lipinski definition) is 6. The lowest BCUT2D eigenvalue weighted by Crippen LogP contribution is -2.35. The molecule has 1 unspecified atom stereocenters. The van der Waals surface area contributed by atoms with Crippen LogP contribution in [0.3, 0.4) is 0 Å². The number of amides is 1. The maximum Gasteiger partial charge on any atom is 0.321 e. The zero-order valence-electron chi connectivity index (χ0n) is 15.5. The Hall–Kier alpha value is -3.48. The molecule has 2 aromatic rings. The summed E-state index contributed by atoms with van der Waals surface area (Å²) in [6.07, 6.45) is 0.254. The van der Waals surface area contributed by atoms with Crippen LogP contribution in [0.5, 0.6) is 0 Å². The normalized spacial score (nSPS) is 12.1. The molecule has 0 aromatic heterocycles. The minimum absolute atomic E-state index is 0.434. The van der Waals surface area contributed by atoms with E-state index in [0.717, 1.165) is 5.41 Å². The predicted molar refractivity (Wildman–Crippen MR) is 108 cm³/mol. The molecular formula is C20H19N3O5S. The van der Waals surface area contributed by atoms with Crippen LogP contribution in [0.1, 0.15) is 18.1 Å². The third-order valence-electron chi connectivity index (χ3n) is 3.62. The molecule has 8 nitrogen and oxygen atoms in total. The monoisotopic (exact) mass is 413 g/mol. The van der Waals surface area contributed by atoms with E-state index in [2.05, 4.69) is 10.0 Å². The zero-order valence-corrected chi connectivity index (χ0v) is 16.3. The van der Waals surface area contributed by atoms with Gasteiger partial charge in [-0.05, 0) is 42.8 Å². The molecule has 0 spiro atoms. The number of nitrogens with one attached hydrogen (secondary N) is 2. The van der Waals surface area contributed by atoms with Crippen molar-refractivity contribution in [2.24, 2.45) is 0 Å². The van der Waals surface area contributed by atoms with Crippen LogP contribution < -0.4 is 10.0 Å². The lowest BCUT2D eigenvalue weighted by atomic mass is 10.2. The standard InChI is InChI=1S/C20H19N3O5S/c1-15(20(25)23-18-9-7-17(13-21)8-10-18)28-19(24)14-22-29(26,27)12-11-16-5-3-2-4-6-16/h2-12,15,22H,14H2,1H3,(H,23,25)/b12-11+. The summed E-state index contributed by atoms with van der Waals surface area (Å²) in [5, 5.41) is 12.2. The van der Waals surface area contributed by atoms with E-state index in [0.29, 0.717) is 16.8 Å². The van der Waals surface area contributed by atoms with E-state index in [9.17, 15) is 18.0 Å². The van der Waals surface area contributed by atoms with Gasteiger partial charge in [-0.2, -0.15) is 5.26 Å². The minimum atomic E-state index is -3.84. The molecule has 0 fully saturated rings. The van der Waals surface area contributed by atoms with Crippen molar-refractivity contribution in [3.05, 3.63) is 71.1 Å². The van der Waals surface area contributed by atoms with E-state index in [1.165, 1.54) is 37.3 Å². The van der Waals surface area contributed by atoms with Gasteiger partial charge in [0.05, 0.1) is 11.6 Å². The Bertz CT molecular complexity index is 1030. The molecule has 0 saturated heterocycles. The van der Waals surface area contributed by atoms with Crippen molar-refractivity contribution in [2.45, 2.75) is 13.0 Å². The first-order valence-electron chi connectivity index (χ1n) is 8.52. The van der Waals surface area contributed by atoms with Crippen LogP contribution in [0.25, 0.3) is 6.08 Å². The Morgan fingerprint density at radius 2 is 1.79 bits per heavy atom. The van der Waals surface area contributed by atoms with Crippen LogP contribution in [0.4, 0.5) is 5.69 Å². The van der Waals surface area contributed by atoms with Crippen LogP contribution >= 0.6 is 0 Å². The molecule has 0 aliphatic carbocycles. The average Bonchev–Trinajstić information content (AvgIpc) is 2.72. The summed E-state index contributed by atoms with van der Waals surface area (Å²) in [6, 6.07) is 16.9. The summed E-state index contributed by atoms with van der Waals surface area (Å²) in [5.74, 6) is -1.49. The number of benzene rings is 2. The molecule has 1 atom stereocenters.